The van der Waals surface area contributed by atoms with Crippen molar-refractivity contribution in [3.05, 3.63) is 253 Å². The van der Waals surface area contributed by atoms with Gasteiger partial charge in [0.15, 0.2) is 0 Å². The van der Waals surface area contributed by atoms with Crippen LogP contribution in [0, 0.1) is 0 Å². The van der Waals surface area contributed by atoms with Crippen LogP contribution in [0.5, 0.6) is 0 Å². The largest absolute Gasteiger partial charge is 0.310 e. The van der Waals surface area contributed by atoms with E-state index >= 15 is 0 Å². The number of nitrogens with zero attached hydrogens (tertiary/aromatic N) is 2. The molecule has 0 unspecified atom stereocenters. The number of para-hydroxylation sites is 1. The molecule has 2 aliphatic rings. The Balaban J connectivity index is 1.15. The van der Waals surface area contributed by atoms with Crippen molar-refractivity contribution in [3.8, 4) is 39.1 Å². The summed E-state index contributed by atoms with van der Waals surface area (Å²) in [5, 5.41) is 5.21. The Morgan fingerprint density at radius 2 is 0.869 bits per heavy atom. The molecule has 11 aromatic rings. The van der Waals surface area contributed by atoms with Crippen LogP contribution in [-0.4, -0.2) is 4.57 Å². The molecule has 1 heterocycles. The summed E-state index contributed by atoms with van der Waals surface area (Å²) in [7, 11) is 0. The highest BCUT2D eigenvalue weighted by molar-refractivity contribution is 6.27. The molecule has 2 aliphatic carbocycles. The van der Waals surface area contributed by atoms with Crippen LogP contribution in [0.2, 0.25) is 0 Å². The number of fused-ring (bicyclic) bond motifs is 7. The topological polar surface area (TPSA) is 8.17 Å². The van der Waals surface area contributed by atoms with Crippen LogP contribution in [0.15, 0.2) is 231 Å². The van der Waals surface area contributed by atoms with E-state index in [-0.39, 0.29) is 0 Å². The van der Waals surface area contributed by atoms with Gasteiger partial charge in [-0.1, -0.05) is 170 Å². The highest BCUT2D eigenvalue weighted by Gasteiger charge is 2.50. The van der Waals surface area contributed by atoms with Gasteiger partial charge in [0, 0.05) is 33.5 Å². The normalized spacial score (nSPS) is 13.0. The fraction of sp³-hybridized carbons (Fsp3) is 0.0169. The van der Waals surface area contributed by atoms with Gasteiger partial charge in [-0.3, -0.25) is 0 Å². The van der Waals surface area contributed by atoms with Crippen LogP contribution >= 0.6 is 0 Å². The van der Waals surface area contributed by atoms with Crippen LogP contribution in [0.3, 0.4) is 0 Å². The molecule has 1 aromatic heterocycles. The zero-order valence-electron chi connectivity index (χ0n) is 33.3. The summed E-state index contributed by atoms with van der Waals surface area (Å²) in [6.45, 7) is 0. The van der Waals surface area contributed by atoms with Gasteiger partial charge in [-0.25, -0.2) is 0 Å². The molecular weight excluding hydrogens is 737 g/mol. The van der Waals surface area contributed by atoms with E-state index in [1.54, 1.807) is 0 Å². The molecule has 61 heavy (non-hydrogen) atoms. The minimum absolute atomic E-state index is 0.556. The third kappa shape index (κ3) is 4.79. The maximum Gasteiger partial charge on any atom is 0.0727 e. The van der Waals surface area contributed by atoms with Crippen molar-refractivity contribution in [2.24, 2.45) is 0 Å². The van der Waals surface area contributed by atoms with Gasteiger partial charge in [-0.2, -0.15) is 0 Å². The first kappa shape index (κ1) is 34.0. The van der Waals surface area contributed by atoms with Crippen molar-refractivity contribution in [2.45, 2.75) is 5.41 Å². The Morgan fingerprint density at radius 1 is 0.311 bits per heavy atom. The number of benzene rings is 10. The van der Waals surface area contributed by atoms with E-state index in [1.165, 1.54) is 93.9 Å². The molecule has 0 bridgehead atoms. The van der Waals surface area contributed by atoms with E-state index in [9.17, 15) is 0 Å². The molecule has 0 amide bonds. The first-order chi connectivity index (χ1) is 30.3. The molecule has 10 aromatic carbocycles. The number of hydrogen-bond acceptors (Lipinski definition) is 1. The van der Waals surface area contributed by atoms with E-state index in [1.807, 2.05) is 0 Å². The first-order valence-electron chi connectivity index (χ1n) is 21.2. The number of aromatic nitrogens is 1. The minimum Gasteiger partial charge on any atom is -0.310 e. The summed E-state index contributed by atoms with van der Waals surface area (Å²) >= 11 is 0. The fourth-order valence-corrected chi connectivity index (χ4v) is 10.9. The summed E-state index contributed by atoms with van der Waals surface area (Å²) in [4.78, 5) is 2.47. The third-order valence-corrected chi connectivity index (χ3v) is 13.3. The van der Waals surface area contributed by atoms with E-state index in [2.05, 4.69) is 240 Å². The average Bonchev–Trinajstić information content (AvgIpc) is 3.83. The Morgan fingerprint density at radius 3 is 1.57 bits per heavy atom. The summed E-state index contributed by atoms with van der Waals surface area (Å²) in [6.07, 6.45) is 0. The SMILES string of the molecule is c1ccc(-c2ccc(N(c3cccc(-c4ccccc4)c3)c3cc4c5c(ccc6c5c5c(cccc5n6-c5ccccc5)C45c4ccccc4-c4ccccc45)c3)cc2)cc1. The average molecular weight is 775 g/mol. The minimum atomic E-state index is -0.556. The number of hydrogen-bond donors (Lipinski definition) is 0. The van der Waals surface area contributed by atoms with E-state index in [4.69, 9.17) is 0 Å². The third-order valence-electron chi connectivity index (χ3n) is 13.3. The highest BCUT2D eigenvalue weighted by atomic mass is 15.1. The monoisotopic (exact) mass is 774 g/mol. The molecule has 0 atom stereocenters. The van der Waals surface area contributed by atoms with Crippen LogP contribution in [-0.2, 0) is 5.41 Å². The van der Waals surface area contributed by atoms with Crippen molar-refractivity contribution in [1.82, 2.24) is 4.57 Å². The van der Waals surface area contributed by atoms with Crippen LogP contribution in [0.4, 0.5) is 17.1 Å². The van der Waals surface area contributed by atoms with Crippen LogP contribution in [0.25, 0.3) is 71.6 Å². The molecule has 1 spiro atoms. The second kappa shape index (κ2) is 13.0. The molecule has 0 N–H and O–H groups in total. The molecular formula is C59H38N2. The molecule has 2 heteroatoms. The van der Waals surface area contributed by atoms with Crippen molar-refractivity contribution in [1.29, 1.82) is 0 Å². The lowest BCUT2D eigenvalue weighted by Crippen LogP contribution is -2.31. The molecule has 0 aliphatic heterocycles. The number of anilines is 3. The van der Waals surface area contributed by atoms with Gasteiger partial charge in [0.25, 0.3) is 0 Å². The van der Waals surface area contributed by atoms with Gasteiger partial charge in [0.2, 0.25) is 0 Å². The lowest BCUT2D eigenvalue weighted by atomic mass is 9.63. The zero-order valence-corrected chi connectivity index (χ0v) is 33.3. The highest BCUT2D eigenvalue weighted by Crippen LogP contribution is 2.63. The second-order valence-corrected chi connectivity index (χ2v) is 16.4. The summed E-state index contributed by atoms with van der Waals surface area (Å²) in [6, 6.07) is 85.3. The van der Waals surface area contributed by atoms with Gasteiger partial charge in [0.1, 0.15) is 0 Å². The molecule has 0 radical (unpaired) electrons. The van der Waals surface area contributed by atoms with Crippen LogP contribution < -0.4 is 4.90 Å². The van der Waals surface area contributed by atoms with Gasteiger partial charge in [0.05, 0.1) is 16.4 Å². The molecule has 284 valence electrons. The van der Waals surface area contributed by atoms with E-state index < -0.39 is 5.41 Å². The summed E-state index contributed by atoms with van der Waals surface area (Å²) < 4.78 is 2.48. The Hall–Kier alpha value is -7.94. The van der Waals surface area contributed by atoms with Crippen molar-refractivity contribution < 1.29 is 0 Å². The standard InChI is InChI=1S/C59H38N2/c1-4-16-39(17-5-1)41-30-33-45(34-31-41)60(46-23-14-20-42(36-46)40-18-6-2-7-19-40)47-37-43-32-35-55-58-56(43)53(38-47)59(50-26-12-10-24-48(50)49-25-11-13-27-51(49)59)52-28-15-29-54(57(52)58)61(55)44-21-8-3-9-22-44/h1-38H. The summed E-state index contributed by atoms with van der Waals surface area (Å²) in [5.41, 5.74) is 19.1. The van der Waals surface area contributed by atoms with Crippen molar-refractivity contribution >= 4 is 49.6 Å². The maximum absolute atomic E-state index is 2.53. The van der Waals surface area contributed by atoms with Crippen molar-refractivity contribution in [2.75, 3.05) is 4.90 Å². The molecule has 0 saturated carbocycles. The Bertz CT molecular complexity index is 3460. The first-order valence-corrected chi connectivity index (χ1v) is 21.2. The smallest absolute Gasteiger partial charge is 0.0727 e. The maximum atomic E-state index is 2.53. The lowest BCUT2D eigenvalue weighted by molar-refractivity contribution is 0.783. The van der Waals surface area contributed by atoms with Crippen molar-refractivity contribution in [3.63, 3.8) is 0 Å². The molecule has 0 fully saturated rings. The van der Waals surface area contributed by atoms with E-state index in [0.29, 0.717) is 0 Å². The Kier molecular flexibility index (Phi) is 7.26. The molecule has 13 rings (SSSR count). The van der Waals surface area contributed by atoms with E-state index in [0.717, 1.165) is 17.1 Å². The fourth-order valence-electron chi connectivity index (χ4n) is 10.9. The molecule has 2 nitrogen and oxygen atoms in total. The quantitative estimate of drug-likeness (QED) is 0.163. The predicted octanol–water partition coefficient (Wildman–Crippen LogP) is 15.4. The van der Waals surface area contributed by atoms with Gasteiger partial charge in [-0.15, -0.1) is 0 Å². The van der Waals surface area contributed by atoms with Gasteiger partial charge in [-0.05, 0) is 127 Å². The molecule has 0 saturated heterocycles. The number of rotatable bonds is 6. The lowest BCUT2D eigenvalue weighted by Gasteiger charge is -2.39. The summed E-state index contributed by atoms with van der Waals surface area (Å²) in [5.74, 6) is 0. The Labute approximate surface area is 354 Å². The van der Waals surface area contributed by atoms with Gasteiger partial charge >= 0.3 is 0 Å². The van der Waals surface area contributed by atoms with Gasteiger partial charge < -0.3 is 9.47 Å². The second-order valence-electron chi connectivity index (χ2n) is 16.4. The predicted molar refractivity (Wildman–Crippen MR) is 255 cm³/mol. The zero-order chi connectivity index (χ0) is 40.1. The van der Waals surface area contributed by atoms with Crippen LogP contribution in [0.1, 0.15) is 22.3 Å².